The van der Waals surface area contributed by atoms with Crippen molar-refractivity contribution in [2.45, 2.75) is 6.42 Å². The van der Waals surface area contributed by atoms with Crippen LogP contribution < -0.4 is 4.74 Å². The Balaban J connectivity index is 2.55. The van der Waals surface area contributed by atoms with Gasteiger partial charge < -0.3 is 9.47 Å². The average Bonchev–Trinajstić information content (AvgIpc) is 2.41. The minimum atomic E-state index is -0.0386. The van der Waals surface area contributed by atoms with E-state index in [1.165, 1.54) is 0 Å². The van der Waals surface area contributed by atoms with E-state index in [2.05, 4.69) is 0 Å². The van der Waals surface area contributed by atoms with Crippen LogP contribution in [0.4, 0.5) is 0 Å². The summed E-state index contributed by atoms with van der Waals surface area (Å²) in [5, 5.41) is 0.572. The fourth-order valence-corrected chi connectivity index (χ4v) is 1.95. The van der Waals surface area contributed by atoms with Crippen molar-refractivity contribution in [1.29, 1.82) is 0 Å². The third kappa shape index (κ3) is 1.98. The first kappa shape index (κ1) is 10.5. The number of ether oxygens (including phenoxy) is 2. The molecular formula is C11H11ClO3. The highest BCUT2D eigenvalue weighted by Gasteiger charge is 2.19. The molecule has 80 valence electrons. The fraction of sp³-hybridized carbons (Fsp3) is 0.364. The van der Waals surface area contributed by atoms with Crippen molar-refractivity contribution in [2.75, 3.05) is 20.3 Å². The molecule has 0 fully saturated rings. The molecular weight excluding hydrogens is 216 g/mol. The van der Waals surface area contributed by atoms with Gasteiger partial charge in [0.1, 0.15) is 12.4 Å². The van der Waals surface area contributed by atoms with Gasteiger partial charge in [-0.2, -0.15) is 0 Å². The molecule has 0 bridgehead atoms. The minimum absolute atomic E-state index is 0.0386. The second kappa shape index (κ2) is 4.21. The maximum absolute atomic E-state index is 11.7. The molecule has 0 atom stereocenters. The zero-order chi connectivity index (χ0) is 10.8. The summed E-state index contributed by atoms with van der Waals surface area (Å²) in [6.07, 6.45) is 0.671. The molecule has 0 N–H and O–H groups in total. The summed E-state index contributed by atoms with van der Waals surface area (Å²) < 4.78 is 10.2. The van der Waals surface area contributed by atoms with Crippen molar-refractivity contribution in [1.82, 2.24) is 0 Å². The van der Waals surface area contributed by atoms with Crippen LogP contribution in [0.25, 0.3) is 0 Å². The lowest BCUT2D eigenvalue weighted by atomic mass is 10.0. The van der Waals surface area contributed by atoms with Crippen molar-refractivity contribution >= 4 is 17.4 Å². The Morgan fingerprint density at radius 2 is 2.27 bits per heavy atom. The number of Topliss-reactive ketones (excluding diaryl/α,β-unsaturated/α-hetero) is 1. The zero-order valence-corrected chi connectivity index (χ0v) is 9.13. The van der Waals surface area contributed by atoms with Crippen LogP contribution in [-0.2, 0) is 11.2 Å². The Kier molecular flexibility index (Phi) is 2.93. The summed E-state index contributed by atoms with van der Waals surface area (Å²) in [5.74, 6) is 0.567. The maximum atomic E-state index is 11.7. The Labute approximate surface area is 92.9 Å². The molecule has 3 nitrogen and oxygen atoms in total. The second-order valence-electron chi connectivity index (χ2n) is 3.36. The molecule has 0 radical (unpaired) electrons. The zero-order valence-electron chi connectivity index (χ0n) is 8.38. The van der Waals surface area contributed by atoms with Crippen LogP contribution >= 0.6 is 11.6 Å². The first-order chi connectivity index (χ1) is 7.22. The first-order valence-electron chi connectivity index (χ1n) is 4.69. The van der Waals surface area contributed by atoms with Crippen LogP contribution in [0, 0.1) is 0 Å². The normalized spacial score (nSPS) is 15.7. The summed E-state index contributed by atoms with van der Waals surface area (Å²) in [7, 11) is 1.55. The van der Waals surface area contributed by atoms with E-state index in [4.69, 9.17) is 21.1 Å². The third-order valence-electron chi connectivity index (χ3n) is 2.43. The van der Waals surface area contributed by atoms with Gasteiger partial charge in [0.25, 0.3) is 0 Å². The molecule has 15 heavy (non-hydrogen) atoms. The lowest BCUT2D eigenvalue weighted by molar-refractivity contribution is 0.0788. The van der Waals surface area contributed by atoms with Crippen LogP contribution in [0.15, 0.2) is 12.1 Å². The van der Waals surface area contributed by atoms with Crippen molar-refractivity contribution in [3.05, 3.63) is 28.3 Å². The quantitative estimate of drug-likeness (QED) is 0.736. The molecule has 2 rings (SSSR count). The van der Waals surface area contributed by atoms with Crippen LogP contribution in [-0.4, -0.2) is 26.1 Å². The summed E-state index contributed by atoms with van der Waals surface area (Å²) in [6, 6.07) is 3.44. The number of carbonyl (C=O) groups is 1. The van der Waals surface area contributed by atoms with Gasteiger partial charge in [0.05, 0.1) is 13.7 Å². The van der Waals surface area contributed by atoms with Crippen molar-refractivity contribution < 1.29 is 14.3 Å². The van der Waals surface area contributed by atoms with Crippen molar-refractivity contribution in [3.8, 4) is 5.75 Å². The third-order valence-corrected chi connectivity index (χ3v) is 2.77. The molecule has 0 amide bonds. The molecule has 1 aromatic rings. The predicted molar refractivity (Wildman–Crippen MR) is 56.9 cm³/mol. The summed E-state index contributed by atoms with van der Waals surface area (Å²) in [5.41, 5.74) is 1.48. The SMILES string of the molecule is COc1cc(Cl)c2c(c1)C(=O)COCC2. The van der Waals surface area contributed by atoms with Gasteiger partial charge in [-0.25, -0.2) is 0 Å². The summed E-state index contributed by atoms with van der Waals surface area (Å²) in [4.78, 5) is 11.7. The van der Waals surface area contributed by atoms with Gasteiger partial charge in [0, 0.05) is 10.6 Å². The minimum Gasteiger partial charge on any atom is -0.497 e. The molecule has 1 aliphatic heterocycles. The monoisotopic (exact) mass is 226 g/mol. The van der Waals surface area contributed by atoms with Gasteiger partial charge in [0.15, 0.2) is 5.78 Å². The van der Waals surface area contributed by atoms with Crippen LogP contribution in [0.5, 0.6) is 5.75 Å². The predicted octanol–water partition coefficient (Wildman–Crippen LogP) is 2.10. The van der Waals surface area contributed by atoms with Gasteiger partial charge in [-0.05, 0) is 24.1 Å². The standard InChI is InChI=1S/C11H11ClO3/c1-14-7-4-9-8(10(12)5-7)2-3-15-6-11(9)13/h4-5H,2-3,6H2,1H3. The van der Waals surface area contributed by atoms with Gasteiger partial charge in [0.2, 0.25) is 0 Å². The molecule has 0 unspecified atom stereocenters. The molecule has 1 heterocycles. The largest absolute Gasteiger partial charge is 0.497 e. The molecule has 4 heteroatoms. The highest BCUT2D eigenvalue weighted by molar-refractivity contribution is 6.32. The summed E-state index contributed by atoms with van der Waals surface area (Å²) in [6.45, 7) is 0.654. The van der Waals surface area contributed by atoms with Crippen LogP contribution in [0.3, 0.4) is 0 Å². The van der Waals surface area contributed by atoms with E-state index in [-0.39, 0.29) is 12.4 Å². The first-order valence-corrected chi connectivity index (χ1v) is 5.07. The van der Waals surface area contributed by atoms with E-state index in [1.54, 1.807) is 19.2 Å². The molecule has 0 saturated carbocycles. The number of methoxy groups -OCH3 is 1. The Hall–Kier alpha value is -1.06. The van der Waals surface area contributed by atoms with E-state index < -0.39 is 0 Å². The second-order valence-corrected chi connectivity index (χ2v) is 3.77. The molecule has 0 saturated heterocycles. The van der Waals surface area contributed by atoms with E-state index in [0.29, 0.717) is 29.4 Å². The average molecular weight is 227 g/mol. The maximum Gasteiger partial charge on any atom is 0.188 e. The highest BCUT2D eigenvalue weighted by atomic mass is 35.5. The van der Waals surface area contributed by atoms with Crippen LogP contribution in [0.1, 0.15) is 15.9 Å². The smallest absolute Gasteiger partial charge is 0.188 e. The van der Waals surface area contributed by atoms with E-state index >= 15 is 0 Å². The number of hydrogen-bond acceptors (Lipinski definition) is 3. The number of fused-ring (bicyclic) bond motifs is 1. The van der Waals surface area contributed by atoms with E-state index in [9.17, 15) is 4.79 Å². The molecule has 0 spiro atoms. The number of hydrogen-bond donors (Lipinski definition) is 0. The lowest BCUT2D eigenvalue weighted by Gasteiger charge is -2.08. The van der Waals surface area contributed by atoms with Gasteiger partial charge >= 0.3 is 0 Å². The van der Waals surface area contributed by atoms with Gasteiger partial charge in [-0.1, -0.05) is 11.6 Å². The van der Waals surface area contributed by atoms with Crippen molar-refractivity contribution in [3.63, 3.8) is 0 Å². The van der Waals surface area contributed by atoms with Crippen LogP contribution in [0.2, 0.25) is 5.02 Å². The van der Waals surface area contributed by atoms with Gasteiger partial charge in [-0.3, -0.25) is 4.79 Å². The number of halogens is 1. The topological polar surface area (TPSA) is 35.5 Å². The summed E-state index contributed by atoms with van der Waals surface area (Å²) >= 11 is 6.08. The van der Waals surface area contributed by atoms with E-state index in [1.807, 2.05) is 0 Å². The Bertz CT molecular complexity index is 401. The molecule has 0 aliphatic carbocycles. The van der Waals surface area contributed by atoms with Crippen molar-refractivity contribution in [2.24, 2.45) is 0 Å². The van der Waals surface area contributed by atoms with E-state index in [0.717, 1.165) is 5.56 Å². The number of benzene rings is 1. The number of rotatable bonds is 1. The molecule has 0 aromatic heterocycles. The molecule has 1 aliphatic rings. The Morgan fingerprint density at radius 3 is 3.00 bits per heavy atom. The molecule has 1 aromatic carbocycles. The van der Waals surface area contributed by atoms with Gasteiger partial charge in [-0.15, -0.1) is 0 Å². The Morgan fingerprint density at radius 1 is 1.47 bits per heavy atom. The fourth-order valence-electron chi connectivity index (χ4n) is 1.65. The number of carbonyl (C=O) groups excluding carboxylic acids is 1. The lowest BCUT2D eigenvalue weighted by Crippen LogP contribution is -2.07. The highest BCUT2D eigenvalue weighted by Crippen LogP contribution is 2.28. The number of ketones is 1.